The molecule has 2 N–H and O–H groups in total. The minimum absolute atomic E-state index is 0.104. The number of rotatable bonds is 8. The number of benzene rings is 1. The Kier molecular flexibility index (Phi) is 7.35. The van der Waals surface area contributed by atoms with E-state index in [1.54, 1.807) is 25.3 Å². The zero-order valence-corrected chi connectivity index (χ0v) is 17.5. The van der Waals surface area contributed by atoms with Gasteiger partial charge in [-0.05, 0) is 68.2 Å². The number of carbonyl (C=O) groups is 1. The summed E-state index contributed by atoms with van der Waals surface area (Å²) in [6.45, 7) is 4.92. The number of pyridine rings is 1. The smallest absolute Gasteiger partial charge is 0.240 e. The first-order valence-electron chi connectivity index (χ1n) is 9.98. The number of nitrogens with one attached hydrogen (secondary N) is 2. The third-order valence-electron chi connectivity index (χ3n) is 5.15. The second-order valence-electron chi connectivity index (χ2n) is 7.32. The number of anilines is 1. The van der Waals surface area contributed by atoms with Gasteiger partial charge in [-0.25, -0.2) is 13.1 Å². The summed E-state index contributed by atoms with van der Waals surface area (Å²) in [6.07, 6.45) is 4.10. The molecule has 0 saturated carbocycles. The first kappa shape index (κ1) is 21.4. The fraction of sp³-hybridized carbons (Fsp3) is 0.429. The molecule has 1 fully saturated rings. The predicted molar refractivity (Wildman–Crippen MR) is 113 cm³/mol. The van der Waals surface area contributed by atoms with Crippen LogP contribution in [0.15, 0.2) is 53.6 Å². The zero-order chi connectivity index (χ0) is 20.7. The summed E-state index contributed by atoms with van der Waals surface area (Å²) in [5, 5.41) is 2.71. The van der Waals surface area contributed by atoms with Crippen molar-refractivity contribution < 1.29 is 13.2 Å². The summed E-state index contributed by atoms with van der Waals surface area (Å²) in [6, 6.07) is 12.2. The minimum Gasteiger partial charge on any atom is -0.326 e. The minimum atomic E-state index is -3.56. The van der Waals surface area contributed by atoms with E-state index in [1.165, 1.54) is 12.1 Å². The average Bonchev–Trinajstić information content (AvgIpc) is 2.74. The lowest BCUT2D eigenvalue weighted by molar-refractivity contribution is -0.115. The van der Waals surface area contributed by atoms with Crippen LogP contribution in [0.5, 0.6) is 0 Å². The summed E-state index contributed by atoms with van der Waals surface area (Å²) in [4.78, 5) is 18.3. The molecule has 29 heavy (non-hydrogen) atoms. The predicted octanol–water partition coefficient (Wildman–Crippen LogP) is 2.62. The molecule has 1 aromatic heterocycles. The van der Waals surface area contributed by atoms with E-state index in [2.05, 4.69) is 19.9 Å². The van der Waals surface area contributed by atoms with Crippen LogP contribution in [0.2, 0.25) is 0 Å². The summed E-state index contributed by atoms with van der Waals surface area (Å²) < 4.78 is 27.8. The third kappa shape index (κ3) is 6.35. The summed E-state index contributed by atoms with van der Waals surface area (Å²) in [5.41, 5.74) is 1.65. The quantitative estimate of drug-likeness (QED) is 0.690. The maximum absolute atomic E-state index is 12.6. The van der Waals surface area contributed by atoms with Crippen molar-refractivity contribution in [3.63, 3.8) is 0 Å². The molecule has 156 valence electrons. The van der Waals surface area contributed by atoms with Crippen molar-refractivity contribution in [3.8, 4) is 0 Å². The summed E-state index contributed by atoms with van der Waals surface area (Å²) >= 11 is 0. The molecule has 7 nitrogen and oxygen atoms in total. The van der Waals surface area contributed by atoms with E-state index in [0.29, 0.717) is 24.6 Å². The van der Waals surface area contributed by atoms with Crippen molar-refractivity contribution in [2.75, 3.05) is 25.0 Å². The highest BCUT2D eigenvalue weighted by molar-refractivity contribution is 7.89. The van der Waals surface area contributed by atoms with Gasteiger partial charge >= 0.3 is 0 Å². The van der Waals surface area contributed by atoms with E-state index in [9.17, 15) is 13.2 Å². The maximum Gasteiger partial charge on any atom is 0.240 e. The van der Waals surface area contributed by atoms with Crippen molar-refractivity contribution in [2.24, 2.45) is 5.92 Å². The van der Waals surface area contributed by atoms with E-state index in [4.69, 9.17) is 0 Å². The van der Waals surface area contributed by atoms with E-state index in [0.717, 1.165) is 38.2 Å². The summed E-state index contributed by atoms with van der Waals surface area (Å²) in [7, 11) is -3.56. The molecule has 1 aliphatic heterocycles. The molecule has 1 aliphatic rings. The van der Waals surface area contributed by atoms with Crippen LogP contribution in [0.4, 0.5) is 5.69 Å². The second-order valence-corrected chi connectivity index (χ2v) is 9.09. The molecule has 1 amide bonds. The molecule has 0 atom stereocenters. The van der Waals surface area contributed by atoms with Crippen LogP contribution in [0.1, 0.15) is 31.9 Å². The van der Waals surface area contributed by atoms with Gasteiger partial charge in [0.1, 0.15) is 0 Å². The molecular weight excluding hydrogens is 388 g/mol. The molecule has 0 unspecified atom stereocenters. The van der Waals surface area contributed by atoms with Gasteiger partial charge in [-0.1, -0.05) is 13.0 Å². The number of amides is 1. The monoisotopic (exact) mass is 416 g/mol. The molecule has 0 bridgehead atoms. The van der Waals surface area contributed by atoms with Gasteiger partial charge in [0, 0.05) is 31.4 Å². The number of likely N-dealkylation sites (tertiary alicyclic amines) is 1. The van der Waals surface area contributed by atoms with E-state index in [1.807, 2.05) is 18.2 Å². The van der Waals surface area contributed by atoms with Crippen molar-refractivity contribution in [2.45, 2.75) is 37.6 Å². The Labute approximate surface area is 172 Å². The van der Waals surface area contributed by atoms with Crippen LogP contribution in [0, 0.1) is 5.92 Å². The van der Waals surface area contributed by atoms with E-state index >= 15 is 0 Å². The fourth-order valence-corrected chi connectivity index (χ4v) is 4.46. The Morgan fingerprint density at radius 3 is 2.48 bits per heavy atom. The molecule has 3 rings (SSSR count). The Balaban J connectivity index is 1.46. The molecule has 0 aliphatic carbocycles. The molecule has 0 radical (unpaired) electrons. The first-order chi connectivity index (χ1) is 14.0. The number of aromatic nitrogens is 1. The highest BCUT2D eigenvalue weighted by Gasteiger charge is 2.22. The number of hydrogen-bond donors (Lipinski definition) is 2. The lowest BCUT2D eigenvalue weighted by Crippen LogP contribution is -2.38. The Morgan fingerprint density at radius 2 is 1.86 bits per heavy atom. The first-order valence-corrected chi connectivity index (χ1v) is 11.5. The fourth-order valence-electron chi connectivity index (χ4n) is 3.35. The van der Waals surface area contributed by atoms with Gasteiger partial charge < -0.3 is 5.32 Å². The zero-order valence-electron chi connectivity index (χ0n) is 16.7. The molecule has 1 saturated heterocycles. The lowest BCUT2D eigenvalue weighted by Gasteiger charge is -2.31. The molecule has 1 aromatic carbocycles. The van der Waals surface area contributed by atoms with Crippen molar-refractivity contribution in [3.05, 3.63) is 54.4 Å². The SMILES string of the molecule is CCC(=O)Nc1ccc(S(=O)(=O)NCC2CCN(Cc3ccccn3)CC2)cc1. The van der Waals surface area contributed by atoms with Crippen LogP contribution in [-0.4, -0.2) is 43.8 Å². The van der Waals surface area contributed by atoms with Gasteiger partial charge in [0.05, 0.1) is 10.6 Å². The Bertz CT molecular complexity index is 893. The lowest BCUT2D eigenvalue weighted by atomic mass is 9.97. The van der Waals surface area contributed by atoms with Gasteiger partial charge in [0.15, 0.2) is 0 Å². The second kappa shape index (κ2) is 9.96. The molecule has 0 spiro atoms. The maximum atomic E-state index is 12.6. The number of piperidine rings is 1. The molecule has 2 aromatic rings. The highest BCUT2D eigenvalue weighted by Crippen LogP contribution is 2.19. The number of sulfonamides is 1. The van der Waals surface area contributed by atoms with Gasteiger partial charge in [0.2, 0.25) is 15.9 Å². The van der Waals surface area contributed by atoms with E-state index in [-0.39, 0.29) is 10.8 Å². The molecular formula is C21H28N4O3S. The largest absolute Gasteiger partial charge is 0.326 e. The van der Waals surface area contributed by atoms with Crippen molar-refractivity contribution in [1.29, 1.82) is 0 Å². The standard InChI is InChI=1S/C21H28N4O3S/c1-2-21(26)24-18-6-8-20(9-7-18)29(27,28)23-15-17-10-13-25(14-11-17)16-19-5-3-4-12-22-19/h3-9,12,17,23H,2,10-11,13-16H2,1H3,(H,24,26). The number of nitrogens with zero attached hydrogens (tertiary/aromatic N) is 2. The Morgan fingerprint density at radius 1 is 1.14 bits per heavy atom. The van der Waals surface area contributed by atoms with Gasteiger partial charge in [-0.2, -0.15) is 0 Å². The summed E-state index contributed by atoms with van der Waals surface area (Å²) in [5.74, 6) is 0.223. The van der Waals surface area contributed by atoms with Crippen LogP contribution < -0.4 is 10.0 Å². The topological polar surface area (TPSA) is 91.4 Å². The van der Waals surface area contributed by atoms with Crippen LogP contribution in [0.25, 0.3) is 0 Å². The van der Waals surface area contributed by atoms with Crippen molar-refractivity contribution >= 4 is 21.6 Å². The van der Waals surface area contributed by atoms with Crippen LogP contribution >= 0.6 is 0 Å². The Hall–Kier alpha value is -2.29. The average molecular weight is 417 g/mol. The normalized spacial score (nSPS) is 15.9. The number of carbonyl (C=O) groups excluding carboxylic acids is 1. The molecule has 2 heterocycles. The van der Waals surface area contributed by atoms with Gasteiger partial charge in [-0.15, -0.1) is 0 Å². The van der Waals surface area contributed by atoms with E-state index < -0.39 is 10.0 Å². The van der Waals surface area contributed by atoms with Gasteiger partial charge in [0.25, 0.3) is 0 Å². The highest BCUT2D eigenvalue weighted by atomic mass is 32.2. The van der Waals surface area contributed by atoms with Crippen LogP contribution in [-0.2, 0) is 21.4 Å². The molecule has 8 heteroatoms. The van der Waals surface area contributed by atoms with Gasteiger partial charge in [-0.3, -0.25) is 14.7 Å². The van der Waals surface area contributed by atoms with Crippen molar-refractivity contribution in [1.82, 2.24) is 14.6 Å². The van der Waals surface area contributed by atoms with Crippen LogP contribution in [0.3, 0.4) is 0 Å². The third-order valence-corrected chi connectivity index (χ3v) is 6.59. The number of hydrogen-bond acceptors (Lipinski definition) is 5.